The lowest BCUT2D eigenvalue weighted by Gasteiger charge is -2.22. The van der Waals surface area contributed by atoms with Crippen molar-refractivity contribution >= 4 is 16.7 Å². The molecule has 0 aliphatic heterocycles. The van der Waals surface area contributed by atoms with E-state index < -0.39 is 0 Å². The molecule has 0 radical (unpaired) electrons. The first-order valence-corrected chi connectivity index (χ1v) is 10.0. The second-order valence-corrected chi connectivity index (χ2v) is 7.39. The molecule has 30 heavy (non-hydrogen) atoms. The Bertz CT molecular complexity index is 1030. The smallest absolute Gasteiger partial charge is 0.229 e. The van der Waals surface area contributed by atoms with Gasteiger partial charge in [0.2, 0.25) is 5.91 Å². The van der Waals surface area contributed by atoms with Gasteiger partial charge in [-0.05, 0) is 59.5 Å². The number of benzene rings is 3. The van der Waals surface area contributed by atoms with E-state index in [4.69, 9.17) is 14.2 Å². The van der Waals surface area contributed by atoms with Crippen molar-refractivity contribution in [2.24, 2.45) is 0 Å². The third kappa shape index (κ3) is 4.67. The van der Waals surface area contributed by atoms with Crippen LogP contribution in [0.4, 0.5) is 0 Å². The van der Waals surface area contributed by atoms with Crippen LogP contribution in [0.3, 0.4) is 0 Å². The van der Waals surface area contributed by atoms with Crippen LogP contribution < -0.4 is 14.2 Å². The Labute approximate surface area is 178 Å². The fourth-order valence-corrected chi connectivity index (χ4v) is 3.55. The molecule has 0 aliphatic rings. The molecule has 3 rings (SSSR count). The number of amides is 1. The predicted molar refractivity (Wildman–Crippen MR) is 120 cm³/mol. The molecular weight excluding hydrogens is 378 g/mol. The molecule has 0 spiro atoms. The standard InChI is InChI=1S/C25H29NO4/c1-17(19-7-8-21-16-22(28-3)10-9-20(21)15-19)25(27)26(2)13-12-18-6-11-23(29-4)24(14-18)30-5/h6-11,14-17H,12-13H2,1-5H3/t17-/m0/s1. The first-order valence-electron chi connectivity index (χ1n) is 10.0. The highest BCUT2D eigenvalue weighted by Gasteiger charge is 2.19. The van der Waals surface area contributed by atoms with Gasteiger partial charge in [0.25, 0.3) is 0 Å². The maximum Gasteiger partial charge on any atom is 0.229 e. The number of ether oxygens (including phenoxy) is 3. The molecule has 0 N–H and O–H groups in total. The van der Waals surface area contributed by atoms with Crippen molar-refractivity contribution in [3.05, 3.63) is 65.7 Å². The van der Waals surface area contributed by atoms with E-state index in [9.17, 15) is 4.79 Å². The highest BCUT2D eigenvalue weighted by molar-refractivity contribution is 5.88. The zero-order valence-corrected chi connectivity index (χ0v) is 18.3. The number of fused-ring (bicyclic) bond motifs is 1. The average molecular weight is 408 g/mol. The van der Waals surface area contributed by atoms with Gasteiger partial charge in [-0.1, -0.05) is 30.3 Å². The highest BCUT2D eigenvalue weighted by Crippen LogP contribution is 2.28. The fraction of sp³-hybridized carbons (Fsp3) is 0.320. The van der Waals surface area contributed by atoms with Crippen LogP contribution in [0.25, 0.3) is 10.8 Å². The van der Waals surface area contributed by atoms with Gasteiger partial charge in [-0.15, -0.1) is 0 Å². The summed E-state index contributed by atoms with van der Waals surface area (Å²) in [5, 5.41) is 2.19. The lowest BCUT2D eigenvalue weighted by molar-refractivity contribution is -0.131. The molecule has 3 aromatic rings. The van der Waals surface area contributed by atoms with Crippen molar-refractivity contribution < 1.29 is 19.0 Å². The Balaban J connectivity index is 1.67. The molecule has 0 bridgehead atoms. The summed E-state index contributed by atoms with van der Waals surface area (Å²) in [5.74, 6) is 2.11. The first kappa shape index (κ1) is 21.5. The summed E-state index contributed by atoms with van der Waals surface area (Å²) < 4.78 is 15.9. The molecule has 0 aromatic heterocycles. The first-order chi connectivity index (χ1) is 14.5. The van der Waals surface area contributed by atoms with Gasteiger partial charge in [-0.2, -0.15) is 0 Å². The zero-order valence-electron chi connectivity index (χ0n) is 18.3. The van der Waals surface area contributed by atoms with Crippen LogP contribution in [-0.4, -0.2) is 45.7 Å². The van der Waals surface area contributed by atoms with E-state index in [1.807, 2.05) is 62.5 Å². The minimum Gasteiger partial charge on any atom is -0.497 e. The summed E-state index contributed by atoms with van der Waals surface area (Å²) in [6, 6.07) is 18.0. The summed E-state index contributed by atoms with van der Waals surface area (Å²) in [4.78, 5) is 14.8. The minimum atomic E-state index is -0.216. The third-order valence-corrected chi connectivity index (χ3v) is 5.50. The zero-order chi connectivity index (χ0) is 21.7. The van der Waals surface area contributed by atoms with E-state index in [-0.39, 0.29) is 11.8 Å². The quantitative estimate of drug-likeness (QED) is 0.544. The van der Waals surface area contributed by atoms with Gasteiger partial charge in [0, 0.05) is 13.6 Å². The Hall–Kier alpha value is -3.21. The SMILES string of the molecule is COc1ccc2cc([C@H](C)C(=O)N(C)CCc3ccc(OC)c(OC)c3)ccc2c1. The molecule has 0 aliphatic carbocycles. The lowest BCUT2D eigenvalue weighted by Crippen LogP contribution is -2.32. The van der Waals surface area contributed by atoms with E-state index in [0.29, 0.717) is 18.0 Å². The summed E-state index contributed by atoms with van der Waals surface area (Å²) in [6.07, 6.45) is 0.743. The topological polar surface area (TPSA) is 48.0 Å². The summed E-state index contributed by atoms with van der Waals surface area (Å²) in [5.41, 5.74) is 2.11. The van der Waals surface area contributed by atoms with Crippen LogP contribution in [0.2, 0.25) is 0 Å². The van der Waals surface area contributed by atoms with Crippen LogP contribution in [0.5, 0.6) is 17.2 Å². The van der Waals surface area contributed by atoms with E-state index in [1.54, 1.807) is 26.2 Å². The van der Waals surface area contributed by atoms with E-state index >= 15 is 0 Å². The molecule has 0 saturated heterocycles. The third-order valence-electron chi connectivity index (χ3n) is 5.50. The van der Waals surface area contributed by atoms with Crippen LogP contribution in [0.15, 0.2) is 54.6 Å². The average Bonchev–Trinajstić information content (AvgIpc) is 2.80. The Morgan fingerprint density at radius 1 is 0.867 bits per heavy atom. The molecule has 0 unspecified atom stereocenters. The molecule has 1 atom stereocenters. The number of methoxy groups -OCH3 is 3. The number of nitrogens with zero attached hydrogens (tertiary/aromatic N) is 1. The van der Waals surface area contributed by atoms with Gasteiger partial charge < -0.3 is 19.1 Å². The van der Waals surface area contributed by atoms with Crippen LogP contribution in [0.1, 0.15) is 24.0 Å². The summed E-state index contributed by atoms with van der Waals surface area (Å²) in [6.45, 7) is 2.59. The van der Waals surface area contributed by atoms with Gasteiger partial charge >= 0.3 is 0 Å². The number of hydrogen-bond donors (Lipinski definition) is 0. The monoisotopic (exact) mass is 407 g/mol. The van der Waals surface area contributed by atoms with Crippen molar-refractivity contribution in [2.45, 2.75) is 19.3 Å². The number of likely N-dealkylation sites (N-methyl/N-ethyl adjacent to an activating group) is 1. The van der Waals surface area contributed by atoms with Gasteiger partial charge in [-0.25, -0.2) is 0 Å². The predicted octanol–water partition coefficient (Wildman–Crippen LogP) is 4.67. The van der Waals surface area contributed by atoms with Crippen LogP contribution in [0, 0.1) is 0 Å². The molecule has 0 fully saturated rings. The summed E-state index contributed by atoms with van der Waals surface area (Å²) in [7, 11) is 6.76. The molecule has 5 heteroatoms. The second kappa shape index (κ2) is 9.53. The molecule has 5 nitrogen and oxygen atoms in total. The number of rotatable bonds is 8. The van der Waals surface area contributed by atoms with Crippen LogP contribution in [-0.2, 0) is 11.2 Å². The fourth-order valence-electron chi connectivity index (χ4n) is 3.55. The Kier molecular flexibility index (Phi) is 6.83. The molecule has 1 amide bonds. The molecule has 0 heterocycles. The van der Waals surface area contributed by atoms with Gasteiger partial charge in [0.1, 0.15) is 5.75 Å². The number of hydrogen-bond acceptors (Lipinski definition) is 4. The van der Waals surface area contributed by atoms with E-state index in [1.165, 1.54) is 0 Å². The largest absolute Gasteiger partial charge is 0.497 e. The minimum absolute atomic E-state index is 0.100. The van der Waals surface area contributed by atoms with Crippen molar-refractivity contribution in [1.29, 1.82) is 0 Å². The Morgan fingerprint density at radius 2 is 1.57 bits per heavy atom. The summed E-state index contributed by atoms with van der Waals surface area (Å²) >= 11 is 0. The molecule has 0 saturated carbocycles. The van der Waals surface area contributed by atoms with Crippen molar-refractivity contribution in [2.75, 3.05) is 34.9 Å². The van der Waals surface area contributed by atoms with E-state index in [0.717, 1.165) is 34.1 Å². The Morgan fingerprint density at radius 3 is 2.27 bits per heavy atom. The van der Waals surface area contributed by atoms with Crippen molar-refractivity contribution in [1.82, 2.24) is 4.90 Å². The lowest BCUT2D eigenvalue weighted by atomic mass is 9.96. The maximum absolute atomic E-state index is 13.0. The molecular formula is C25H29NO4. The van der Waals surface area contributed by atoms with Crippen molar-refractivity contribution in [3.63, 3.8) is 0 Å². The van der Waals surface area contributed by atoms with Gasteiger partial charge in [0.05, 0.1) is 27.2 Å². The normalized spacial score (nSPS) is 11.8. The number of carbonyl (C=O) groups is 1. The number of carbonyl (C=O) groups excluding carboxylic acids is 1. The second-order valence-electron chi connectivity index (χ2n) is 7.39. The highest BCUT2D eigenvalue weighted by atomic mass is 16.5. The van der Waals surface area contributed by atoms with E-state index in [2.05, 4.69) is 6.07 Å². The van der Waals surface area contributed by atoms with Gasteiger partial charge in [0.15, 0.2) is 11.5 Å². The van der Waals surface area contributed by atoms with Crippen LogP contribution >= 0.6 is 0 Å². The van der Waals surface area contributed by atoms with Gasteiger partial charge in [-0.3, -0.25) is 4.79 Å². The van der Waals surface area contributed by atoms with Crippen molar-refractivity contribution in [3.8, 4) is 17.2 Å². The molecule has 158 valence electrons. The maximum atomic E-state index is 13.0. The molecule has 3 aromatic carbocycles.